The zero-order chi connectivity index (χ0) is 42.2. The molecule has 7 aromatic carbocycles. The first-order valence-corrected chi connectivity index (χ1v) is 19.1. The second kappa shape index (κ2) is 13.9. The molecule has 0 saturated carbocycles. The van der Waals surface area contributed by atoms with E-state index in [0.717, 1.165) is 23.8 Å². The minimum Gasteiger partial charge on any atom is -0.309 e. The average Bonchev–Trinajstić information content (AvgIpc) is 3.78. The molecule has 0 aliphatic rings. The van der Waals surface area contributed by atoms with Gasteiger partial charge in [-0.05, 0) is 85.8 Å². The van der Waals surface area contributed by atoms with Gasteiger partial charge in [-0.25, -0.2) is 15.0 Å². The van der Waals surface area contributed by atoms with Gasteiger partial charge in [-0.1, -0.05) is 78.4 Å². The van der Waals surface area contributed by atoms with Gasteiger partial charge >= 0.3 is 12.4 Å². The lowest BCUT2D eigenvalue weighted by Gasteiger charge is -2.17. The highest BCUT2D eigenvalue weighted by atomic mass is 19.4. The lowest BCUT2D eigenvalue weighted by Crippen LogP contribution is -2.06. The Morgan fingerprint density at radius 2 is 0.918 bits per heavy atom. The van der Waals surface area contributed by atoms with Gasteiger partial charge in [0.25, 0.3) is 0 Å². The zero-order valence-corrected chi connectivity index (χ0v) is 31.9. The summed E-state index contributed by atoms with van der Waals surface area (Å²) in [4.78, 5) is 15.1. The van der Waals surface area contributed by atoms with E-state index >= 15 is 0 Å². The molecule has 10 rings (SSSR count). The van der Waals surface area contributed by atoms with Gasteiger partial charge in [0.05, 0.1) is 56.2 Å². The molecule has 0 aliphatic heterocycles. The molecule has 0 saturated heterocycles. The monoisotopic (exact) mass is 814 g/mol. The summed E-state index contributed by atoms with van der Waals surface area (Å²) in [6, 6.07) is 43.9. The van der Waals surface area contributed by atoms with Crippen LogP contribution in [-0.2, 0) is 12.4 Å². The van der Waals surface area contributed by atoms with Crippen molar-refractivity contribution >= 4 is 43.6 Å². The number of aryl methyl sites for hydroxylation is 1. The highest BCUT2D eigenvalue weighted by molar-refractivity contribution is 6.11. The zero-order valence-electron chi connectivity index (χ0n) is 31.9. The molecule has 3 heterocycles. The number of aromatic nitrogens is 5. The van der Waals surface area contributed by atoms with Crippen LogP contribution in [0.3, 0.4) is 0 Å². The molecule has 0 N–H and O–H groups in total. The van der Waals surface area contributed by atoms with Crippen LogP contribution in [0.5, 0.6) is 0 Å². The number of benzene rings is 7. The highest BCUT2D eigenvalue weighted by Crippen LogP contribution is 2.42. The largest absolute Gasteiger partial charge is 0.416 e. The fourth-order valence-electron chi connectivity index (χ4n) is 8.15. The molecule has 0 bridgehead atoms. The fourth-order valence-corrected chi connectivity index (χ4v) is 8.15. The summed E-state index contributed by atoms with van der Waals surface area (Å²) in [5.74, 6) is 0.722. The average molecular weight is 815 g/mol. The molecular weight excluding hydrogens is 787 g/mol. The van der Waals surface area contributed by atoms with Crippen LogP contribution in [0.4, 0.5) is 26.3 Å². The van der Waals surface area contributed by atoms with Crippen molar-refractivity contribution in [2.24, 2.45) is 0 Å². The number of fused-ring (bicyclic) bond motifs is 6. The number of nitrogens with zero attached hydrogens (tertiary/aromatic N) is 6. The highest BCUT2D eigenvalue weighted by Gasteiger charge is 2.33. The van der Waals surface area contributed by atoms with E-state index in [2.05, 4.69) is 6.07 Å². The molecule has 3 aromatic heterocycles. The van der Waals surface area contributed by atoms with Gasteiger partial charge in [-0.15, -0.1) is 0 Å². The Kier molecular flexibility index (Phi) is 8.55. The minimum absolute atomic E-state index is 0.179. The van der Waals surface area contributed by atoms with E-state index in [9.17, 15) is 31.6 Å². The van der Waals surface area contributed by atoms with Gasteiger partial charge in [-0.2, -0.15) is 31.6 Å². The summed E-state index contributed by atoms with van der Waals surface area (Å²) < 4.78 is 87.9. The number of hydrogen-bond donors (Lipinski definition) is 0. The van der Waals surface area contributed by atoms with Gasteiger partial charge < -0.3 is 9.13 Å². The predicted molar refractivity (Wildman–Crippen MR) is 224 cm³/mol. The Hall–Kier alpha value is -7.78. The maximum absolute atomic E-state index is 14.0. The van der Waals surface area contributed by atoms with Crippen LogP contribution < -0.4 is 0 Å². The summed E-state index contributed by atoms with van der Waals surface area (Å²) in [7, 11) is 0. The first kappa shape index (κ1) is 37.5. The Bertz CT molecular complexity index is 3430. The first-order chi connectivity index (χ1) is 29.4. The van der Waals surface area contributed by atoms with E-state index in [4.69, 9.17) is 15.0 Å². The third-order valence-corrected chi connectivity index (χ3v) is 10.9. The van der Waals surface area contributed by atoms with Crippen LogP contribution in [0.2, 0.25) is 0 Å². The summed E-state index contributed by atoms with van der Waals surface area (Å²) in [5, 5.41) is 12.2. The van der Waals surface area contributed by atoms with Gasteiger partial charge in [-0.3, -0.25) is 0 Å². The van der Waals surface area contributed by atoms with Gasteiger partial charge in [0.1, 0.15) is 0 Å². The van der Waals surface area contributed by atoms with E-state index in [1.807, 2.05) is 82.8 Å². The van der Waals surface area contributed by atoms with Crippen LogP contribution in [-0.4, -0.2) is 24.1 Å². The standard InChI is InChI=1S/C49H28F6N6/c1-28-15-19-43(60-39-13-7-5-11-33(39)35-25-31(48(50,51)52)17-21-41(35)60)37(23-28)46-57-45(30-9-3-2-4-10-30)58-47(59-46)38-24-29(27-56)16-20-44(38)61-40-14-8-6-12-34(40)36-26-32(49(53,54)55)18-22-42(36)61/h2-26H,1H3. The van der Waals surface area contributed by atoms with Crippen molar-refractivity contribution in [3.8, 4) is 51.6 Å². The SMILES string of the molecule is Cc1ccc(-n2c3ccccc3c3cc(C(F)(F)F)ccc32)c(-c2nc(-c3ccccc3)nc(-c3cc(C#N)ccc3-n3c4ccccc4c4cc(C(F)(F)F)ccc43)n2)c1. The second-order valence-electron chi connectivity index (χ2n) is 14.7. The molecule has 61 heavy (non-hydrogen) atoms. The van der Waals surface area contributed by atoms with Crippen molar-refractivity contribution < 1.29 is 26.3 Å². The minimum atomic E-state index is -4.56. The van der Waals surface area contributed by atoms with Crippen molar-refractivity contribution in [2.45, 2.75) is 19.3 Å². The smallest absolute Gasteiger partial charge is 0.309 e. The van der Waals surface area contributed by atoms with Crippen LogP contribution in [0.25, 0.3) is 89.2 Å². The molecule has 6 nitrogen and oxygen atoms in total. The number of alkyl halides is 6. The molecule has 0 unspecified atom stereocenters. The Labute approximate surface area is 343 Å². The summed E-state index contributed by atoms with van der Waals surface area (Å²) >= 11 is 0. The lowest BCUT2D eigenvalue weighted by molar-refractivity contribution is -0.138. The number of para-hydroxylation sites is 2. The number of halogens is 6. The van der Waals surface area contributed by atoms with Crippen LogP contribution in [0.15, 0.2) is 152 Å². The Balaban J connectivity index is 1.26. The van der Waals surface area contributed by atoms with E-state index in [0.29, 0.717) is 83.1 Å². The molecule has 0 fully saturated rings. The summed E-state index contributed by atoms with van der Waals surface area (Å²) in [6.07, 6.45) is -9.11. The summed E-state index contributed by atoms with van der Waals surface area (Å²) in [5.41, 5.74) is 4.68. The molecule has 0 atom stereocenters. The Morgan fingerprint density at radius 1 is 0.459 bits per heavy atom. The Morgan fingerprint density at radius 3 is 1.44 bits per heavy atom. The number of rotatable bonds is 5. The second-order valence-corrected chi connectivity index (χ2v) is 14.7. The van der Waals surface area contributed by atoms with E-state index in [1.54, 1.807) is 48.5 Å². The topological polar surface area (TPSA) is 72.3 Å². The third-order valence-electron chi connectivity index (χ3n) is 10.9. The van der Waals surface area contributed by atoms with Gasteiger partial charge in [0, 0.05) is 38.2 Å². The molecule has 10 aromatic rings. The maximum Gasteiger partial charge on any atom is 0.416 e. The number of nitriles is 1. The summed E-state index contributed by atoms with van der Waals surface area (Å²) in [6.45, 7) is 1.91. The molecule has 296 valence electrons. The predicted octanol–water partition coefficient (Wildman–Crippen LogP) is 13.3. The molecule has 0 spiro atoms. The van der Waals surface area contributed by atoms with Crippen molar-refractivity contribution in [1.29, 1.82) is 5.26 Å². The van der Waals surface area contributed by atoms with Crippen molar-refractivity contribution in [3.05, 3.63) is 174 Å². The van der Waals surface area contributed by atoms with Gasteiger partial charge in [0.2, 0.25) is 0 Å². The van der Waals surface area contributed by atoms with Crippen LogP contribution in [0.1, 0.15) is 22.3 Å². The quantitative estimate of drug-likeness (QED) is 0.162. The molecule has 0 aliphatic carbocycles. The molecule has 12 heteroatoms. The van der Waals surface area contributed by atoms with E-state index < -0.39 is 23.5 Å². The van der Waals surface area contributed by atoms with Crippen molar-refractivity contribution in [2.75, 3.05) is 0 Å². The first-order valence-electron chi connectivity index (χ1n) is 19.1. The molecular formula is C49H28F6N6. The molecule has 0 amide bonds. The third kappa shape index (κ3) is 6.33. The lowest BCUT2D eigenvalue weighted by atomic mass is 10.1. The van der Waals surface area contributed by atoms with Crippen LogP contribution in [0, 0.1) is 18.3 Å². The van der Waals surface area contributed by atoms with E-state index in [1.165, 1.54) is 18.2 Å². The van der Waals surface area contributed by atoms with Crippen LogP contribution >= 0.6 is 0 Å². The number of hydrogen-bond acceptors (Lipinski definition) is 4. The maximum atomic E-state index is 14.0. The fraction of sp³-hybridized carbons (Fsp3) is 0.0612. The van der Waals surface area contributed by atoms with Gasteiger partial charge in [0.15, 0.2) is 17.5 Å². The van der Waals surface area contributed by atoms with Crippen molar-refractivity contribution in [3.63, 3.8) is 0 Å². The van der Waals surface area contributed by atoms with E-state index in [-0.39, 0.29) is 11.6 Å². The van der Waals surface area contributed by atoms with Crippen molar-refractivity contribution in [1.82, 2.24) is 24.1 Å². The normalized spacial score (nSPS) is 12.2. The molecule has 0 radical (unpaired) electrons.